The molecule has 0 radical (unpaired) electrons. The van der Waals surface area contributed by atoms with Crippen molar-refractivity contribution in [3.05, 3.63) is 59.4 Å². The van der Waals surface area contributed by atoms with Gasteiger partial charge in [-0.3, -0.25) is 4.79 Å². The summed E-state index contributed by atoms with van der Waals surface area (Å²) in [6, 6.07) is 12.6. The maximum atomic E-state index is 12.8. The van der Waals surface area contributed by atoms with Crippen LogP contribution < -0.4 is 14.8 Å². The topological polar surface area (TPSA) is 71.3 Å². The molecule has 0 aliphatic rings. The van der Waals surface area contributed by atoms with Crippen LogP contribution in [-0.2, 0) is 11.3 Å². The number of hydrogen-bond donors (Lipinski definition) is 1. The summed E-state index contributed by atoms with van der Waals surface area (Å²) in [6.07, 6.45) is -0.757. The largest absolute Gasteiger partial charge is 0.493 e. The van der Waals surface area contributed by atoms with Crippen molar-refractivity contribution in [3.8, 4) is 17.6 Å². The molecular weight excluding hydrogens is 311 g/mol. The number of carbonyl (C=O) groups is 1. The Bertz CT molecular complexity index is 754. The van der Waals surface area contributed by atoms with E-state index >= 15 is 0 Å². The summed E-state index contributed by atoms with van der Waals surface area (Å²) in [5.74, 6) is 0.119. The number of amides is 1. The highest BCUT2D eigenvalue weighted by Crippen LogP contribution is 2.28. The molecular formula is C18H17FN2O3. The van der Waals surface area contributed by atoms with Crippen LogP contribution in [0.5, 0.6) is 11.5 Å². The van der Waals surface area contributed by atoms with Crippen molar-refractivity contribution in [2.45, 2.75) is 19.6 Å². The van der Waals surface area contributed by atoms with Crippen LogP contribution in [0.15, 0.2) is 42.5 Å². The molecule has 2 aromatic carbocycles. The fourth-order valence-electron chi connectivity index (χ4n) is 2.01. The summed E-state index contributed by atoms with van der Waals surface area (Å²) in [5.41, 5.74) is 1.22. The predicted molar refractivity (Wildman–Crippen MR) is 86.0 cm³/mol. The maximum Gasteiger partial charge on any atom is 0.261 e. The molecule has 2 rings (SSSR count). The second-order valence-electron chi connectivity index (χ2n) is 5.08. The standard InChI is InChI=1S/C18H17FN2O3/c1-12(18(22)21-11-13-3-6-15(19)7-4-13)24-16-8-5-14(10-20)9-17(16)23-2/h3-9,12H,11H2,1-2H3,(H,21,22)/t12-/m0/s1. The van der Waals surface area contributed by atoms with Crippen LogP contribution in [0.2, 0.25) is 0 Å². The van der Waals surface area contributed by atoms with E-state index in [-0.39, 0.29) is 18.3 Å². The van der Waals surface area contributed by atoms with E-state index < -0.39 is 6.10 Å². The minimum atomic E-state index is -0.757. The van der Waals surface area contributed by atoms with E-state index in [1.54, 1.807) is 37.3 Å². The van der Waals surface area contributed by atoms with Crippen molar-refractivity contribution in [1.29, 1.82) is 5.26 Å². The number of benzene rings is 2. The van der Waals surface area contributed by atoms with E-state index in [0.29, 0.717) is 17.1 Å². The average Bonchev–Trinajstić information content (AvgIpc) is 2.61. The van der Waals surface area contributed by atoms with Crippen LogP contribution in [-0.4, -0.2) is 19.1 Å². The third-order valence-corrected chi connectivity index (χ3v) is 3.35. The van der Waals surface area contributed by atoms with Gasteiger partial charge in [-0.2, -0.15) is 5.26 Å². The summed E-state index contributed by atoms with van der Waals surface area (Å²) >= 11 is 0. The van der Waals surface area contributed by atoms with Gasteiger partial charge in [0.1, 0.15) is 5.82 Å². The van der Waals surface area contributed by atoms with E-state index in [4.69, 9.17) is 14.7 Å². The highest BCUT2D eigenvalue weighted by atomic mass is 19.1. The smallest absolute Gasteiger partial charge is 0.261 e. The van der Waals surface area contributed by atoms with Crippen molar-refractivity contribution in [1.82, 2.24) is 5.32 Å². The molecule has 6 heteroatoms. The molecule has 0 aromatic heterocycles. The molecule has 1 atom stereocenters. The van der Waals surface area contributed by atoms with Crippen molar-refractivity contribution >= 4 is 5.91 Å². The van der Waals surface area contributed by atoms with Crippen LogP contribution >= 0.6 is 0 Å². The van der Waals surface area contributed by atoms with Crippen LogP contribution in [0.4, 0.5) is 4.39 Å². The number of rotatable bonds is 6. The first-order valence-electron chi connectivity index (χ1n) is 7.30. The highest BCUT2D eigenvalue weighted by Gasteiger charge is 2.17. The Morgan fingerprint density at radius 2 is 1.96 bits per heavy atom. The minimum Gasteiger partial charge on any atom is -0.493 e. The number of ether oxygens (including phenoxy) is 2. The van der Waals surface area contributed by atoms with Gasteiger partial charge in [0.05, 0.1) is 18.7 Å². The van der Waals surface area contributed by atoms with Gasteiger partial charge in [0.25, 0.3) is 5.91 Å². The maximum absolute atomic E-state index is 12.8. The zero-order valence-electron chi connectivity index (χ0n) is 13.4. The van der Waals surface area contributed by atoms with Gasteiger partial charge in [0.15, 0.2) is 17.6 Å². The Hall–Kier alpha value is -3.07. The van der Waals surface area contributed by atoms with Crippen molar-refractivity contribution in [3.63, 3.8) is 0 Å². The molecule has 124 valence electrons. The lowest BCUT2D eigenvalue weighted by atomic mass is 10.2. The normalized spacial score (nSPS) is 11.2. The molecule has 0 spiro atoms. The van der Waals surface area contributed by atoms with E-state index in [1.165, 1.54) is 19.2 Å². The summed E-state index contributed by atoms with van der Waals surface area (Å²) < 4.78 is 23.6. The highest BCUT2D eigenvalue weighted by molar-refractivity contribution is 5.80. The van der Waals surface area contributed by atoms with Gasteiger partial charge < -0.3 is 14.8 Å². The minimum absolute atomic E-state index is 0.275. The Morgan fingerprint density at radius 3 is 2.58 bits per heavy atom. The summed E-state index contributed by atoms with van der Waals surface area (Å²) in [4.78, 5) is 12.1. The lowest BCUT2D eigenvalue weighted by Gasteiger charge is -2.17. The third kappa shape index (κ3) is 4.46. The number of nitrogens with one attached hydrogen (secondary N) is 1. The van der Waals surface area contributed by atoms with Gasteiger partial charge >= 0.3 is 0 Å². The molecule has 0 unspecified atom stereocenters. The summed E-state index contributed by atoms with van der Waals surface area (Å²) in [5, 5.41) is 11.6. The second kappa shape index (κ2) is 7.97. The molecule has 0 fully saturated rings. The zero-order chi connectivity index (χ0) is 17.5. The lowest BCUT2D eigenvalue weighted by Crippen LogP contribution is -2.36. The summed E-state index contributed by atoms with van der Waals surface area (Å²) in [7, 11) is 1.46. The van der Waals surface area contributed by atoms with Crippen LogP contribution in [0.25, 0.3) is 0 Å². The molecule has 0 heterocycles. The first-order chi connectivity index (χ1) is 11.5. The van der Waals surface area contributed by atoms with Crippen LogP contribution in [0.3, 0.4) is 0 Å². The van der Waals surface area contributed by atoms with Gasteiger partial charge in [-0.1, -0.05) is 12.1 Å². The van der Waals surface area contributed by atoms with Crippen molar-refractivity contribution in [2.75, 3.05) is 7.11 Å². The molecule has 0 aliphatic carbocycles. The third-order valence-electron chi connectivity index (χ3n) is 3.35. The fourth-order valence-corrected chi connectivity index (χ4v) is 2.01. The Morgan fingerprint density at radius 1 is 1.25 bits per heavy atom. The van der Waals surface area contributed by atoms with E-state index in [1.807, 2.05) is 6.07 Å². The number of methoxy groups -OCH3 is 1. The average molecular weight is 328 g/mol. The molecule has 1 N–H and O–H groups in total. The molecule has 0 saturated carbocycles. The Labute approximate surface area is 139 Å². The Balaban J connectivity index is 1.96. The van der Waals surface area contributed by atoms with Crippen LogP contribution in [0, 0.1) is 17.1 Å². The molecule has 1 amide bonds. The van der Waals surface area contributed by atoms with Crippen molar-refractivity contribution < 1.29 is 18.7 Å². The van der Waals surface area contributed by atoms with Crippen molar-refractivity contribution in [2.24, 2.45) is 0 Å². The molecule has 0 bridgehead atoms. The zero-order valence-corrected chi connectivity index (χ0v) is 13.4. The first-order valence-corrected chi connectivity index (χ1v) is 7.30. The van der Waals surface area contributed by atoms with Crippen LogP contribution in [0.1, 0.15) is 18.1 Å². The van der Waals surface area contributed by atoms with Gasteiger partial charge in [-0.25, -0.2) is 4.39 Å². The van der Waals surface area contributed by atoms with Gasteiger partial charge in [-0.15, -0.1) is 0 Å². The number of hydrogen-bond acceptors (Lipinski definition) is 4. The number of nitriles is 1. The molecule has 0 aliphatic heterocycles. The van der Waals surface area contributed by atoms with E-state index in [9.17, 15) is 9.18 Å². The monoisotopic (exact) mass is 328 g/mol. The first kappa shape index (κ1) is 17.3. The SMILES string of the molecule is COc1cc(C#N)ccc1O[C@@H](C)C(=O)NCc1ccc(F)cc1. The quantitative estimate of drug-likeness (QED) is 0.885. The summed E-state index contributed by atoms with van der Waals surface area (Å²) in [6.45, 7) is 1.88. The lowest BCUT2D eigenvalue weighted by molar-refractivity contribution is -0.127. The number of halogens is 1. The van der Waals surface area contributed by atoms with Gasteiger partial charge in [-0.05, 0) is 36.8 Å². The van der Waals surface area contributed by atoms with E-state index in [0.717, 1.165) is 5.56 Å². The Kier molecular flexibility index (Phi) is 5.74. The molecule has 2 aromatic rings. The molecule has 0 saturated heterocycles. The fraction of sp³-hybridized carbons (Fsp3) is 0.222. The molecule has 24 heavy (non-hydrogen) atoms. The predicted octanol–water partition coefficient (Wildman–Crippen LogP) is 2.79. The number of nitrogens with zero attached hydrogens (tertiary/aromatic N) is 1. The van der Waals surface area contributed by atoms with Gasteiger partial charge in [0.2, 0.25) is 0 Å². The molecule has 5 nitrogen and oxygen atoms in total. The van der Waals surface area contributed by atoms with Gasteiger partial charge in [0, 0.05) is 12.6 Å². The van der Waals surface area contributed by atoms with E-state index in [2.05, 4.69) is 5.32 Å². The number of carbonyl (C=O) groups excluding carboxylic acids is 1. The second-order valence-corrected chi connectivity index (χ2v) is 5.08.